The highest BCUT2D eigenvalue weighted by Gasteiger charge is 2.28. The number of nitrogens with zero attached hydrogens (tertiary/aromatic N) is 7. The fourth-order valence-electron chi connectivity index (χ4n) is 8.02. The van der Waals surface area contributed by atoms with Crippen LogP contribution >= 0.6 is 23.4 Å². The Morgan fingerprint density at radius 2 is 1.26 bits per heavy atom. The number of aryl methyl sites for hydroxylation is 2. The molecule has 440 valence electrons. The summed E-state index contributed by atoms with van der Waals surface area (Å²) in [5, 5.41) is 15.6. The summed E-state index contributed by atoms with van der Waals surface area (Å²) in [6.45, 7) is 19.4. The molecule has 2 atom stereocenters. The predicted octanol–water partition coefficient (Wildman–Crippen LogP) is 5.00. The van der Waals surface area contributed by atoms with E-state index in [0.29, 0.717) is 212 Å². The van der Waals surface area contributed by atoms with E-state index in [1.165, 1.54) is 24.6 Å². The highest BCUT2D eigenvalue weighted by atomic mass is 35.5. The summed E-state index contributed by atoms with van der Waals surface area (Å²) in [4.78, 5) is 29.4. The number of aliphatic imine (C=N–C) groups is 1. The minimum atomic E-state index is -0.363. The van der Waals surface area contributed by atoms with E-state index in [4.69, 9.17) is 79.2 Å². The van der Waals surface area contributed by atoms with Crippen molar-refractivity contribution >= 4 is 51.8 Å². The molecule has 0 spiro atoms. The number of hydrogen-bond acceptors (Lipinski definition) is 22. The van der Waals surface area contributed by atoms with Crippen LogP contribution in [0.2, 0.25) is 5.02 Å². The Bertz CT molecular complexity index is 2050. The quantitative estimate of drug-likeness (QED) is 0.0630. The van der Waals surface area contributed by atoms with Crippen molar-refractivity contribution in [1.82, 2.24) is 25.0 Å². The van der Waals surface area contributed by atoms with Crippen molar-refractivity contribution in [3.05, 3.63) is 52.6 Å². The zero-order valence-corrected chi connectivity index (χ0v) is 47.7. The lowest BCUT2D eigenvalue weighted by Crippen LogP contribution is -2.27. The number of amides is 1. The van der Waals surface area contributed by atoms with E-state index < -0.39 is 0 Å². The molecule has 25 heteroatoms. The third kappa shape index (κ3) is 29.1. The van der Waals surface area contributed by atoms with Crippen molar-refractivity contribution in [2.75, 3.05) is 194 Å². The standard InChI is InChI=1S/C53H87ClN10O13S/c1-43-7-5-10-47(54)51(43)60-52(65)48-40-56-53(78-48)59-49-39-50(58-44(2)57-49)63-13-6-9-45(11-14-63)8-3-4-16-77-42-46-41-64(62-61-46)15-18-67-20-22-69-24-26-71-28-30-73-32-34-75-36-38-76-37-35-74-33-31-72-29-27-70-25-23-68-21-19-66-17-12-55/h5,7,10,39,41,45,48H,3-4,6,8-9,11-38,40,42,55H2,1-2H3,(H,60,65)(H,56,57,58,59). The number of benzene rings is 1. The molecule has 4 heterocycles. The lowest BCUT2D eigenvalue weighted by molar-refractivity contribution is -0.115. The molecule has 23 nitrogen and oxygen atoms in total. The van der Waals surface area contributed by atoms with Crippen molar-refractivity contribution < 1.29 is 61.6 Å². The zero-order chi connectivity index (χ0) is 54.9. The number of carbonyl (C=O) groups excluding carboxylic acids is 1. The number of halogens is 1. The van der Waals surface area contributed by atoms with Crippen LogP contribution in [0.1, 0.15) is 55.6 Å². The SMILES string of the molecule is Cc1nc(NC2=NCC(C(=O)Nc3c(C)cccc3Cl)S2)cc(N2CCCC(CCCCOCc3cn(CCOCCOCCOCCOCCOCCOCCOCCOCCOCCOCCOCCN)nn3)CC2)n1. The number of unbranched alkanes of at least 4 members (excludes halogenated alkanes) is 1. The molecule has 3 aromatic rings. The van der Waals surface area contributed by atoms with Crippen LogP contribution in [0.5, 0.6) is 0 Å². The molecule has 1 aromatic carbocycles. The zero-order valence-electron chi connectivity index (χ0n) is 46.1. The average Bonchev–Trinajstić information content (AvgIpc) is 4.04. The molecule has 0 radical (unpaired) electrons. The van der Waals surface area contributed by atoms with Gasteiger partial charge < -0.3 is 78.1 Å². The summed E-state index contributed by atoms with van der Waals surface area (Å²) in [5.41, 5.74) is 7.71. The topological polar surface area (TPSA) is 250 Å². The van der Waals surface area contributed by atoms with Crippen molar-refractivity contribution in [3.63, 3.8) is 0 Å². The van der Waals surface area contributed by atoms with E-state index in [1.54, 1.807) is 10.7 Å². The Kier molecular flexibility index (Phi) is 35.2. The molecule has 1 amide bonds. The summed E-state index contributed by atoms with van der Waals surface area (Å²) in [5.74, 6) is 2.81. The lowest BCUT2D eigenvalue weighted by atomic mass is 9.94. The number of rotatable bonds is 46. The predicted molar refractivity (Wildman–Crippen MR) is 300 cm³/mol. The first kappa shape index (κ1) is 65.1. The Morgan fingerprint density at radius 3 is 1.82 bits per heavy atom. The van der Waals surface area contributed by atoms with Gasteiger partial charge in [0.25, 0.3) is 0 Å². The summed E-state index contributed by atoms with van der Waals surface area (Å²) < 4.78 is 68.3. The summed E-state index contributed by atoms with van der Waals surface area (Å²) in [6, 6.07) is 7.54. The van der Waals surface area contributed by atoms with Crippen LogP contribution in [0, 0.1) is 19.8 Å². The molecule has 5 rings (SSSR count). The van der Waals surface area contributed by atoms with Gasteiger partial charge in [0, 0.05) is 32.3 Å². The molecule has 1 fully saturated rings. The molecule has 0 aliphatic carbocycles. The van der Waals surface area contributed by atoms with Gasteiger partial charge >= 0.3 is 0 Å². The van der Waals surface area contributed by atoms with Crippen LogP contribution in [-0.4, -0.2) is 219 Å². The normalized spacial score (nSPS) is 15.7. The minimum Gasteiger partial charge on any atom is -0.378 e. The number of hydrogen-bond donors (Lipinski definition) is 3. The van der Waals surface area contributed by atoms with E-state index >= 15 is 0 Å². The van der Waals surface area contributed by atoms with Gasteiger partial charge in [-0.3, -0.25) is 9.79 Å². The van der Waals surface area contributed by atoms with Crippen LogP contribution in [-0.2, 0) is 74.8 Å². The number of amidine groups is 1. The van der Waals surface area contributed by atoms with E-state index in [-0.39, 0.29) is 11.2 Å². The first-order chi connectivity index (χ1) is 38.4. The van der Waals surface area contributed by atoms with Gasteiger partial charge in [0.1, 0.15) is 28.4 Å². The molecule has 0 saturated carbocycles. The monoisotopic (exact) mass is 1140 g/mol. The van der Waals surface area contributed by atoms with Crippen LogP contribution in [0.25, 0.3) is 0 Å². The molecule has 4 N–H and O–H groups in total. The number of ether oxygens (including phenoxy) is 12. The van der Waals surface area contributed by atoms with E-state index in [9.17, 15) is 4.79 Å². The Balaban J connectivity index is 0.744. The van der Waals surface area contributed by atoms with Gasteiger partial charge in [-0.15, -0.1) is 5.10 Å². The molecule has 2 unspecified atom stereocenters. The average molecular weight is 1140 g/mol. The van der Waals surface area contributed by atoms with Crippen LogP contribution < -0.4 is 21.3 Å². The second-order valence-corrected chi connectivity index (χ2v) is 19.9. The maximum Gasteiger partial charge on any atom is 0.239 e. The maximum atomic E-state index is 13.0. The van der Waals surface area contributed by atoms with Gasteiger partial charge in [-0.1, -0.05) is 53.6 Å². The molecule has 2 aromatic heterocycles. The highest BCUT2D eigenvalue weighted by molar-refractivity contribution is 8.15. The number of carbonyl (C=O) groups is 1. The largest absolute Gasteiger partial charge is 0.378 e. The number of nitrogens with one attached hydrogen (secondary N) is 2. The highest BCUT2D eigenvalue weighted by Crippen LogP contribution is 2.30. The Hall–Kier alpha value is -3.70. The van der Waals surface area contributed by atoms with Crippen molar-refractivity contribution in [1.29, 1.82) is 0 Å². The van der Waals surface area contributed by atoms with Gasteiger partial charge in [-0.05, 0) is 57.1 Å². The molecular formula is C53H87ClN10O13S. The van der Waals surface area contributed by atoms with Gasteiger partial charge in [0.15, 0.2) is 5.17 Å². The first-order valence-electron chi connectivity index (χ1n) is 27.5. The molecule has 2 aliphatic heterocycles. The summed E-state index contributed by atoms with van der Waals surface area (Å²) in [6.07, 6.45) is 8.63. The summed E-state index contributed by atoms with van der Waals surface area (Å²) >= 11 is 7.73. The van der Waals surface area contributed by atoms with Crippen molar-refractivity contribution in [2.24, 2.45) is 16.6 Å². The van der Waals surface area contributed by atoms with Gasteiger partial charge in [0.2, 0.25) is 5.91 Å². The number of aromatic nitrogens is 5. The van der Waals surface area contributed by atoms with Crippen LogP contribution in [0.4, 0.5) is 17.3 Å². The number of para-hydroxylation sites is 1. The molecule has 78 heavy (non-hydrogen) atoms. The fourth-order valence-corrected chi connectivity index (χ4v) is 9.18. The molecule has 2 aliphatic rings. The second kappa shape index (κ2) is 42.2. The fraction of sp³-hybridized carbons (Fsp3) is 0.736. The number of anilines is 3. The van der Waals surface area contributed by atoms with Gasteiger partial charge in [0.05, 0.1) is 182 Å². The van der Waals surface area contributed by atoms with E-state index in [0.717, 1.165) is 55.8 Å². The van der Waals surface area contributed by atoms with Crippen molar-refractivity contribution in [2.45, 2.75) is 70.8 Å². The number of thioether (sulfide) groups is 1. The number of nitrogens with two attached hydrogens (primary N) is 1. The molecular weight excluding hydrogens is 1050 g/mol. The Labute approximate surface area is 470 Å². The van der Waals surface area contributed by atoms with Crippen LogP contribution in [0.3, 0.4) is 0 Å². The maximum absolute atomic E-state index is 13.0. The third-order valence-electron chi connectivity index (χ3n) is 12.1. The molecule has 1 saturated heterocycles. The first-order valence-corrected chi connectivity index (χ1v) is 28.8. The molecule has 0 bridgehead atoms. The third-order valence-corrected chi connectivity index (χ3v) is 13.5. The lowest BCUT2D eigenvalue weighted by Gasteiger charge is -2.22. The minimum absolute atomic E-state index is 0.129. The van der Waals surface area contributed by atoms with E-state index in [1.807, 2.05) is 38.2 Å². The van der Waals surface area contributed by atoms with Crippen LogP contribution in [0.15, 0.2) is 35.5 Å². The summed E-state index contributed by atoms with van der Waals surface area (Å²) in [7, 11) is 0. The van der Waals surface area contributed by atoms with E-state index in [2.05, 4.69) is 35.8 Å². The second-order valence-electron chi connectivity index (χ2n) is 18.3. The Morgan fingerprint density at radius 1 is 0.692 bits per heavy atom. The van der Waals surface area contributed by atoms with Gasteiger partial charge in [-0.25, -0.2) is 14.6 Å². The van der Waals surface area contributed by atoms with Gasteiger partial charge in [-0.2, -0.15) is 0 Å². The van der Waals surface area contributed by atoms with Crippen molar-refractivity contribution in [3.8, 4) is 0 Å². The smallest absolute Gasteiger partial charge is 0.239 e.